The van der Waals surface area contributed by atoms with Crippen LogP contribution in [-0.2, 0) is 4.74 Å². The first-order valence-electron chi connectivity index (χ1n) is 9.14. The minimum Gasteiger partial charge on any atom is -0.382 e. The Morgan fingerprint density at radius 1 is 1.00 bits per heavy atom. The molecule has 3 aromatic heterocycles. The molecule has 0 aliphatic rings. The molecule has 0 amide bonds. The molecular formula is C22H19N5O. The average Bonchev–Trinajstić information content (AvgIpc) is 3.36. The van der Waals surface area contributed by atoms with Crippen LogP contribution in [0.1, 0.15) is 11.6 Å². The fourth-order valence-corrected chi connectivity index (χ4v) is 3.70. The molecule has 0 fully saturated rings. The van der Waals surface area contributed by atoms with E-state index in [1.807, 2.05) is 30.3 Å². The van der Waals surface area contributed by atoms with E-state index >= 15 is 0 Å². The molecule has 6 heteroatoms. The second-order valence-corrected chi connectivity index (χ2v) is 6.71. The van der Waals surface area contributed by atoms with Crippen LogP contribution in [0.15, 0.2) is 73.3 Å². The van der Waals surface area contributed by atoms with Gasteiger partial charge in [-0.15, -0.1) is 0 Å². The van der Waals surface area contributed by atoms with Crippen LogP contribution in [0.5, 0.6) is 0 Å². The van der Waals surface area contributed by atoms with Crippen molar-refractivity contribution in [2.45, 2.75) is 6.04 Å². The van der Waals surface area contributed by atoms with E-state index in [9.17, 15) is 0 Å². The highest BCUT2D eigenvalue weighted by Crippen LogP contribution is 2.33. The highest BCUT2D eigenvalue weighted by molar-refractivity contribution is 6.00. The lowest BCUT2D eigenvalue weighted by atomic mass is 10.1. The molecule has 5 rings (SSSR count). The quantitative estimate of drug-likeness (QED) is 0.504. The zero-order valence-corrected chi connectivity index (χ0v) is 15.4. The summed E-state index contributed by atoms with van der Waals surface area (Å²) in [5.41, 5.74) is 6.10. The van der Waals surface area contributed by atoms with Crippen molar-refractivity contribution in [2.75, 3.05) is 13.7 Å². The van der Waals surface area contributed by atoms with Gasteiger partial charge in [-0.3, -0.25) is 14.8 Å². The normalized spacial score (nSPS) is 12.6. The molecule has 2 aromatic carbocycles. The lowest BCUT2D eigenvalue weighted by molar-refractivity contribution is 0.166. The first-order chi connectivity index (χ1) is 13.8. The summed E-state index contributed by atoms with van der Waals surface area (Å²) >= 11 is 0. The topological polar surface area (TPSA) is 68.6 Å². The van der Waals surface area contributed by atoms with Crippen LogP contribution < -0.4 is 0 Å². The first kappa shape index (κ1) is 16.6. The average molecular weight is 369 g/mol. The van der Waals surface area contributed by atoms with Gasteiger partial charge in [-0.2, -0.15) is 0 Å². The second kappa shape index (κ2) is 6.90. The molecule has 0 aliphatic heterocycles. The summed E-state index contributed by atoms with van der Waals surface area (Å²) in [6, 6.07) is 18.6. The van der Waals surface area contributed by atoms with E-state index in [-0.39, 0.29) is 6.04 Å². The van der Waals surface area contributed by atoms with Gasteiger partial charge in [-0.25, -0.2) is 9.97 Å². The number of ether oxygens (including phenoxy) is 1. The minimum absolute atomic E-state index is 0.00431. The van der Waals surface area contributed by atoms with Gasteiger partial charge >= 0.3 is 0 Å². The summed E-state index contributed by atoms with van der Waals surface area (Å²) in [4.78, 5) is 12.9. The van der Waals surface area contributed by atoms with E-state index in [0.29, 0.717) is 6.61 Å². The van der Waals surface area contributed by atoms with E-state index in [4.69, 9.17) is 4.74 Å². The number of nitrogens with zero attached hydrogens (tertiary/aromatic N) is 4. The van der Waals surface area contributed by atoms with Gasteiger partial charge in [0.15, 0.2) is 0 Å². The maximum absolute atomic E-state index is 5.57. The third-order valence-electron chi connectivity index (χ3n) is 5.04. The molecule has 3 heterocycles. The van der Waals surface area contributed by atoms with Gasteiger partial charge in [-0.1, -0.05) is 30.3 Å². The van der Waals surface area contributed by atoms with Gasteiger partial charge in [0, 0.05) is 30.5 Å². The number of methoxy groups -OCH3 is 1. The predicted octanol–water partition coefficient (Wildman–Crippen LogP) is 4.21. The third-order valence-corrected chi connectivity index (χ3v) is 5.04. The molecule has 0 spiro atoms. The Balaban J connectivity index is 1.80. The minimum atomic E-state index is 0.00431. The Kier molecular flexibility index (Phi) is 4.10. The molecule has 0 saturated heterocycles. The molecule has 5 aromatic rings. The molecule has 1 atom stereocenters. The summed E-state index contributed by atoms with van der Waals surface area (Å²) in [5.74, 6) is 0. The number of fused-ring (bicyclic) bond motifs is 2. The Labute approximate surface area is 161 Å². The van der Waals surface area contributed by atoms with Crippen molar-refractivity contribution in [3.8, 4) is 11.3 Å². The molecule has 1 N–H and O–H groups in total. The van der Waals surface area contributed by atoms with Gasteiger partial charge in [0.2, 0.25) is 0 Å². The summed E-state index contributed by atoms with van der Waals surface area (Å²) in [5, 5.41) is 4.70. The number of H-pyrrole nitrogens is 1. The van der Waals surface area contributed by atoms with Gasteiger partial charge in [0.25, 0.3) is 0 Å². The summed E-state index contributed by atoms with van der Waals surface area (Å²) < 4.78 is 7.74. The molecule has 28 heavy (non-hydrogen) atoms. The van der Waals surface area contributed by atoms with Crippen LogP contribution in [0.2, 0.25) is 0 Å². The van der Waals surface area contributed by atoms with Crippen molar-refractivity contribution in [3.63, 3.8) is 0 Å². The van der Waals surface area contributed by atoms with Crippen molar-refractivity contribution in [1.82, 2.24) is 24.7 Å². The fourth-order valence-electron chi connectivity index (χ4n) is 3.70. The zero-order valence-electron chi connectivity index (χ0n) is 15.4. The number of aromatic amines is 1. The Bertz CT molecular complexity index is 1230. The van der Waals surface area contributed by atoms with E-state index in [1.54, 1.807) is 25.8 Å². The lowest BCUT2D eigenvalue weighted by Crippen LogP contribution is -2.17. The number of hydrogen-bond donors (Lipinski definition) is 1. The van der Waals surface area contributed by atoms with E-state index in [2.05, 4.69) is 49.0 Å². The van der Waals surface area contributed by atoms with Crippen molar-refractivity contribution < 1.29 is 4.74 Å². The number of rotatable bonds is 5. The molecule has 0 bridgehead atoms. The maximum Gasteiger partial charge on any atom is 0.116 e. The van der Waals surface area contributed by atoms with Gasteiger partial charge in [0.05, 0.1) is 34.9 Å². The summed E-state index contributed by atoms with van der Waals surface area (Å²) in [6.45, 7) is 0.546. The Morgan fingerprint density at radius 2 is 1.75 bits per heavy atom. The van der Waals surface area contributed by atoms with E-state index in [0.717, 1.165) is 33.2 Å². The number of aromatic nitrogens is 5. The van der Waals surface area contributed by atoms with Crippen molar-refractivity contribution >= 4 is 21.9 Å². The van der Waals surface area contributed by atoms with Crippen molar-refractivity contribution in [1.29, 1.82) is 0 Å². The standard InChI is InChI=1S/C22H19N5O/c1-28-13-21(15-5-3-2-4-6-15)27-20-12-19-18(24-14-25-19)11-17(20)22(26-27)16-7-9-23-10-8-16/h2-12,14,21,26H,13H2,1H3. The Morgan fingerprint density at radius 3 is 2.50 bits per heavy atom. The number of pyridine rings is 1. The van der Waals surface area contributed by atoms with Crippen molar-refractivity contribution in [2.24, 2.45) is 0 Å². The van der Waals surface area contributed by atoms with Gasteiger partial charge < -0.3 is 4.74 Å². The number of benzene rings is 2. The van der Waals surface area contributed by atoms with Crippen LogP contribution in [0.4, 0.5) is 0 Å². The van der Waals surface area contributed by atoms with Crippen LogP contribution in [0, 0.1) is 0 Å². The SMILES string of the molecule is COCC(c1ccccc1)n1[nH]c(-c2ccncc2)c2cc3ncnc3cc21. The van der Waals surface area contributed by atoms with E-state index in [1.165, 1.54) is 5.56 Å². The molecule has 6 nitrogen and oxygen atoms in total. The van der Waals surface area contributed by atoms with E-state index < -0.39 is 0 Å². The highest BCUT2D eigenvalue weighted by atomic mass is 16.5. The largest absolute Gasteiger partial charge is 0.382 e. The fraction of sp³-hybridized carbons (Fsp3) is 0.136. The third kappa shape index (κ3) is 2.75. The number of imidazole rings is 1. The van der Waals surface area contributed by atoms with Gasteiger partial charge in [0.1, 0.15) is 6.33 Å². The molecule has 0 radical (unpaired) electrons. The van der Waals surface area contributed by atoms with Gasteiger partial charge in [-0.05, 0) is 29.8 Å². The Hall–Kier alpha value is -3.51. The zero-order chi connectivity index (χ0) is 18.9. The highest BCUT2D eigenvalue weighted by Gasteiger charge is 2.20. The lowest BCUT2D eigenvalue weighted by Gasteiger charge is -2.19. The van der Waals surface area contributed by atoms with Crippen LogP contribution in [-0.4, -0.2) is 38.4 Å². The number of nitrogens with one attached hydrogen (secondary N) is 1. The first-order valence-corrected chi connectivity index (χ1v) is 9.14. The van der Waals surface area contributed by atoms with Crippen molar-refractivity contribution in [3.05, 3.63) is 78.9 Å². The monoisotopic (exact) mass is 369 g/mol. The molecule has 138 valence electrons. The summed E-state index contributed by atoms with van der Waals surface area (Å²) in [7, 11) is 1.73. The maximum atomic E-state index is 5.57. The molecule has 0 saturated carbocycles. The smallest absolute Gasteiger partial charge is 0.116 e. The molecule has 1 unspecified atom stereocenters. The molecular weight excluding hydrogens is 350 g/mol. The van der Waals surface area contributed by atoms with Crippen LogP contribution in [0.3, 0.4) is 0 Å². The van der Waals surface area contributed by atoms with Crippen LogP contribution >= 0.6 is 0 Å². The summed E-state index contributed by atoms with van der Waals surface area (Å²) in [6.07, 6.45) is 5.21. The second-order valence-electron chi connectivity index (χ2n) is 6.71. The number of hydrogen-bond acceptors (Lipinski definition) is 4. The van der Waals surface area contributed by atoms with Crippen LogP contribution in [0.25, 0.3) is 33.2 Å². The predicted molar refractivity (Wildman–Crippen MR) is 109 cm³/mol. The molecule has 0 aliphatic carbocycles.